The fourth-order valence-electron chi connectivity index (χ4n) is 6.20. The lowest BCUT2D eigenvalue weighted by Crippen LogP contribution is -2.70. The summed E-state index contributed by atoms with van der Waals surface area (Å²) in [5, 5.41) is 2.81. The zero-order valence-electron chi connectivity index (χ0n) is 20.0. The second kappa shape index (κ2) is 9.18. The van der Waals surface area contributed by atoms with Gasteiger partial charge in [-0.2, -0.15) is 0 Å². The van der Waals surface area contributed by atoms with Crippen LogP contribution in [0.25, 0.3) is 0 Å². The Morgan fingerprint density at radius 3 is 2.71 bits per heavy atom. The first-order valence-corrected chi connectivity index (χ1v) is 12.4. The fourth-order valence-corrected chi connectivity index (χ4v) is 6.20. The molecule has 1 amide bonds. The van der Waals surface area contributed by atoms with Crippen molar-refractivity contribution in [2.75, 3.05) is 0 Å². The smallest absolute Gasteiger partial charge is 0.308 e. The van der Waals surface area contributed by atoms with Crippen molar-refractivity contribution in [3.05, 3.63) is 30.1 Å². The Labute approximate surface area is 199 Å². The van der Waals surface area contributed by atoms with Gasteiger partial charge in [-0.3, -0.25) is 14.6 Å². The zero-order chi connectivity index (χ0) is 23.9. The van der Waals surface area contributed by atoms with Crippen molar-refractivity contribution in [1.82, 2.24) is 10.3 Å². The van der Waals surface area contributed by atoms with Gasteiger partial charge in [-0.15, -0.1) is 0 Å². The minimum absolute atomic E-state index is 0.0208. The first kappa shape index (κ1) is 23.7. The summed E-state index contributed by atoms with van der Waals surface area (Å²) in [7, 11) is 0. The second-order valence-electron chi connectivity index (χ2n) is 10.4. The van der Waals surface area contributed by atoms with E-state index in [0.29, 0.717) is 12.5 Å². The Morgan fingerprint density at radius 2 is 1.91 bits per heavy atom. The molecule has 1 aliphatic carbocycles. The summed E-state index contributed by atoms with van der Waals surface area (Å²) in [4.78, 5) is 40.7. The molecular weight excluding hydrogens is 440 g/mol. The van der Waals surface area contributed by atoms with Gasteiger partial charge in [0, 0.05) is 43.6 Å². The summed E-state index contributed by atoms with van der Waals surface area (Å²) in [5.74, 6) is -0.843. The van der Waals surface area contributed by atoms with Crippen LogP contribution in [-0.4, -0.2) is 40.8 Å². The zero-order valence-corrected chi connectivity index (χ0v) is 20.0. The molecule has 1 saturated carbocycles. The average Bonchev–Trinajstić information content (AvgIpc) is 3.06. The predicted octanol–water partition coefficient (Wildman–Crippen LogP) is 3.23. The van der Waals surface area contributed by atoms with Crippen LogP contribution in [0, 0.1) is 23.7 Å². The number of pyridine rings is 1. The Hall–Kier alpha value is -2.07. The molecule has 5 fully saturated rings. The van der Waals surface area contributed by atoms with E-state index in [0.717, 1.165) is 31.2 Å². The van der Waals surface area contributed by atoms with Gasteiger partial charge in [-0.05, 0) is 55.7 Å². The van der Waals surface area contributed by atoms with Crippen LogP contribution in [0.15, 0.2) is 24.5 Å². The molecule has 34 heavy (non-hydrogen) atoms. The molecule has 2 unspecified atom stereocenters. The Morgan fingerprint density at radius 1 is 1.12 bits per heavy atom. The molecule has 4 saturated heterocycles. The number of aromatic nitrogens is 1. The summed E-state index contributed by atoms with van der Waals surface area (Å²) in [6.45, 7) is 6.55. The SMILES string of the molecule is C[C@H]1[C@H](OC(=O)CCC(=O)NCc2ccncc2)O[C@@H]2OC3(C)CC[C@H]4[C@H](C)CC[C@@H]1C24OO3. The van der Waals surface area contributed by atoms with E-state index in [2.05, 4.69) is 17.2 Å². The van der Waals surface area contributed by atoms with E-state index in [9.17, 15) is 9.59 Å². The molecule has 5 heterocycles. The van der Waals surface area contributed by atoms with Gasteiger partial charge >= 0.3 is 5.97 Å². The first-order chi connectivity index (χ1) is 16.3. The van der Waals surface area contributed by atoms with Gasteiger partial charge in [0.05, 0.1) is 6.42 Å². The minimum Gasteiger partial charge on any atom is -0.435 e. The molecular formula is C25H34N2O7. The van der Waals surface area contributed by atoms with Crippen molar-refractivity contribution in [3.8, 4) is 0 Å². The van der Waals surface area contributed by atoms with Crippen LogP contribution in [-0.2, 0) is 40.1 Å². The standard InChI is InChI=1S/C25H34N2O7/c1-15-4-5-19-16(2)22(31-23-25(19)18(15)8-11-24(3,32-23)33-34-25)30-21(29)7-6-20(28)27-14-17-9-12-26-13-10-17/h9-10,12-13,15-16,18-19,22-23H,4-8,11,14H2,1-3H3,(H,27,28)/t15-,16-,18+,19+,22-,23-,24?,25?/m1/s1. The summed E-state index contributed by atoms with van der Waals surface area (Å²) in [6, 6.07) is 3.66. The Kier molecular flexibility index (Phi) is 6.39. The summed E-state index contributed by atoms with van der Waals surface area (Å²) in [6.07, 6.45) is 5.62. The van der Waals surface area contributed by atoms with E-state index >= 15 is 0 Å². The van der Waals surface area contributed by atoms with Crippen LogP contribution in [0.4, 0.5) is 0 Å². The first-order valence-electron chi connectivity index (χ1n) is 12.4. The molecule has 4 aliphatic heterocycles. The van der Waals surface area contributed by atoms with Crippen LogP contribution in [0.5, 0.6) is 0 Å². The Balaban J connectivity index is 1.20. The number of nitrogens with one attached hydrogen (secondary N) is 1. The molecule has 2 bridgehead atoms. The van der Waals surface area contributed by atoms with Crippen molar-refractivity contribution in [2.24, 2.45) is 23.7 Å². The molecule has 1 N–H and O–H groups in total. The van der Waals surface area contributed by atoms with Gasteiger partial charge in [0.15, 0.2) is 11.9 Å². The molecule has 186 valence electrons. The largest absolute Gasteiger partial charge is 0.435 e. The van der Waals surface area contributed by atoms with E-state index < -0.39 is 29.9 Å². The molecule has 6 rings (SSSR count). The van der Waals surface area contributed by atoms with Crippen molar-refractivity contribution >= 4 is 11.9 Å². The highest BCUT2D eigenvalue weighted by molar-refractivity contribution is 5.81. The number of fused-ring (bicyclic) bond motifs is 2. The topological polar surface area (TPSA) is 105 Å². The summed E-state index contributed by atoms with van der Waals surface area (Å²) in [5.41, 5.74) is 0.255. The highest BCUT2D eigenvalue weighted by Gasteiger charge is 2.69. The molecule has 8 atom stereocenters. The molecule has 1 spiro atoms. The van der Waals surface area contributed by atoms with Gasteiger partial charge < -0.3 is 19.5 Å². The predicted molar refractivity (Wildman–Crippen MR) is 118 cm³/mol. The number of rotatable bonds is 6. The summed E-state index contributed by atoms with van der Waals surface area (Å²) >= 11 is 0. The second-order valence-corrected chi connectivity index (χ2v) is 10.4. The van der Waals surface area contributed by atoms with Gasteiger partial charge in [-0.1, -0.05) is 13.8 Å². The fraction of sp³-hybridized carbons (Fsp3) is 0.720. The van der Waals surface area contributed by atoms with Crippen molar-refractivity contribution in [2.45, 2.75) is 89.8 Å². The molecule has 5 aliphatic rings. The lowest BCUT2D eigenvalue weighted by Gasteiger charge is -2.59. The number of ether oxygens (including phenoxy) is 3. The number of carbonyl (C=O) groups is 2. The quantitative estimate of drug-likeness (QED) is 0.495. The molecule has 9 nitrogen and oxygen atoms in total. The molecule has 0 aromatic carbocycles. The lowest BCUT2D eigenvalue weighted by molar-refractivity contribution is -0.576. The normalized spacial score (nSPS) is 40.7. The number of hydrogen-bond donors (Lipinski definition) is 1. The number of hydrogen-bond acceptors (Lipinski definition) is 8. The highest BCUT2D eigenvalue weighted by atomic mass is 17.3. The maximum Gasteiger partial charge on any atom is 0.308 e. The number of carbonyl (C=O) groups excluding carboxylic acids is 2. The van der Waals surface area contributed by atoms with Crippen LogP contribution in [0.3, 0.4) is 0 Å². The van der Waals surface area contributed by atoms with Crippen LogP contribution >= 0.6 is 0 Å². The van der Waals surface area contributed by atoms with E-state index in [-0.39, 0.29) is 36.5 Å². The highest BCUT2D eigenvalue weighted by Crippen LogP contribution is 2.60. The van der Waals surface area contributed by atoms with Crippen LogP contribution < -0.4 is 5.32 Å². The molecule has 1 aromatic heterocycles. The summed E-state index contributed by atoms with van der Waals surface area (Å²) < 4.78 is 18.3. The van der Waals surface area contributed by atoms with Gasteiger partial charge in [0.25, 0.3) is 0 Å². The molecule has 9 heteroatoms. The van der Waals surface area contributed by atoms with E-state index in [1.54, 1.807) is 12.4 Å². The third-order valence-corrected chi connectivity index (χ3v) is 8.14. The average molecular weight is 475 g/mol. The number of esters is 1. The Bertz CT molecular complexity index is 914. The third-order valence-electron chi connectivity index (χ3n) is 8.14. The van der Waals surface area contributed by atoms with Crippen molar-refractivity contribution < 1.29 is 33.6 Å². The maximum absolute atomic E-state index is 12.6. The van der Waals surface area contributed by atoms with Crippen molar-refractivity contribution in [3.63, 3.8) is 0 Å². The third kappa shape index (κ3) is 4.23. The van der Waals surface area contributed by atoms with E-state index in [1.165, 1.54) is 0 Å². The van der Waals surface area contributed by atoms with Crippen LogP contribution in [0.1, 0.15) is 64.9 Å². The van der Waals surface area contributed by atoms with Crippen molar-refractivity contribution in [1.29, 1.82) is 0 Å². The van der Waals surface area contributed by atoms with E-state index in [4.69, 9.17) is 24.0 Å². The number of nitrogens with zero attached hydrogens (tertiary/aromatic N) is 1. The molecule has 1 aromatic rings. The van der Waals surface area contributed by atoms with Gasteiger partial charge in [0.1, 0.15) is 0 Å². The van der Waals surface area contributed by atoms with Gasteiger partial charge in [0.2, 0.25) is 18.0 Å². The van der Waals surface area contributed by atoms with Crippen LogP contribution in [0.2, 0.25) is 0 Å². The van der Waals surface area contributed by atoms with E-state index in [1.807, 2.05) is 26.0 Å². The molecule has 0 radical (unpaired) electrons. The minimum atomic E-state index is -0.875. The lowest BCUT2D eigenvalue weighted by atomic mass is 9.58. The monoisotopic (exact) mass is 474 g/mol. The maximum atomic E-state index is 12.6. The number of amides is 1. The van der Waals surface area contributed by atoms with Gasteiger partial charge in [-0.25, -0.2) is 9.78 Å².